The minimum absolute atomic E-state index is 0.0992. The molecule has 0 saturated heterocycles. The summed E-state index contributed by atoms with van der Waals surface area (Å²) < 4.78 is 5.62. The Labute approximate surface area is 163 Å². The van der Waals surface area contributed by atoms with Crippen LogP contribution in [-0.4, -0.2) is 17.0 Å². The van der Waals surface area contributed by atoms with Gasteiger partial charge in [0.2, 0.25) is 0 Å². The number of hydrogen-bond acceptors (Lipinski definition) is 5. The molecule has 0 atom stereocenters. The summed E-state index contributed by atoms with van der Waals surface area (Å²) in [7, 11) is 0. The largest absolute Gasteiger partial charge is 0.455 e. The summed E-state index contributed by atoms with van der Waals surface area (Å²) in [4.78, 5) is 22.0. The van der Waals surface area contributed by atoms with Gasteiger partial charge in [-0.05, 0) is 42.5 Å². The molecule has 1 aromatic heterocycles. The van der Waals surface area contributed by atoms with E-state index in [-0.39, 0.29) is 11.3 Å². The van der Waals surface area contributed by atoms with Gasteiger partial charge >= 0.3 is 0 Å². The molecule has 1 heterocycles. The van der Waals surface area contributed by atoms with E-state index in [1.807, 2.05) is 0 Å². The number of rotatable bonds is 5. The fraction of sp³-hybridized carbons (Fsp3) is 0. The molecule has 1 N–H and O–H groups in total. The van der Waals surface area contributed by atoms with E-state index in [2.05, 4.69) is 10.5 Å². The number of nitrogens with zero attached hydrogens (tertiary/aromatic N) is 2. The van der Waals surface area contributed by atoms with Crippen molar-refractivity contribution in [3.8, 4) is 11.3 Å². The van der Waals surface area contributed by atoms with Crippen LogP contribution in [0, 0.1) is 10.1 Å². The fourth-order valence-electron chi connectivity index (χ4n) is 2.21. The second-order valence-corrected chi connectivity index (χ2v) is 6.17. The van der Waals surface area contributed by atoms with E-state index in [0.29, 0.717) is 27.1 Å². The second kappa shape index (κ2) is 8.03. The lowest BCUT2D eigenvalue weighted by molar-refractivity contribution is -0.384. The van der Waals surface area contributed by atoms with Crippen LogP contribution >= 0.6 is 23.2 Å². The van der Waals surface area contributed by atoms with Crippen molar-refractivity contribution in [3.05, 3.63) is 86.1 Å². The SMILES string of the molecule is O=C(NN=Cc1ccc(-c2cc(Cl)ccc2Cl)o1)c1ccc([N+](=O)[O-])cc1. The van der Waals surface area contributed by atoms with E-state index in [4.69, 9.17) is 27.6 Å². The highest BCUT2D eigenvalue weighted by atomic mass is 35.5. The number of non-ortho nitro benzene ring substituents is 1. The summed E-state index contributed by atoms with van der Waals surface area (Å²) in [5.74, 6) is 0.390. The van der Waals surface area contributed by atoms with Gasteiger partial charge in [-0.1, -0.05) is 23.2 Å². The highest BCUT2D eigenvalue weighted by Gasteiger charge is 2.10. The van der Waals surface area contributed by atoms with Crippen molar-refractivity contribution in [1.82, 2.24) is 5.43 Å². The second-order valence-electron chi connectivity index (χ2n) is 5.33. The summed E-state index contributed by atoms with van der Waals surface area (Å²) in [6.07, 6.45) is 1.32. The standard InChI is InChI=1S/C18H11Cl2N3O4/c19-12-3-7-16(20)15(9-12)17-8-6-14(27-17)10-21-22-18(24)11-1-4-13(5-2-11)23(25)26/h1-10H,(H,22,24). The molecule has 7 nitrogen and oxygen atoms in total. The van der Waals surface area contributed by atoms with Gasteiger partial charge in [0.15, 0.2) is 0 Å². The Morgan fingerprint density at radius 2 is 1.85 bits per heavy atom. The Morgan fingerprint density at radius 1 is 1.11 bits per heavy atom. The molecule has 0 unspecified atom stereocenters. The topological polar surface area (TPSA) is 97.7 Å². The fourth-order valence-corrected chi connectivity index (χ4v) is 2.59. The number of carbonyl (C=O) groups is 1. The Hall–Kier alpha value is -3.16. The summed E-state index contributed by atoms with van der Waals surface area (Å²) >= 11 is 12.1. The Bertz CT molecular complexity index is 1030. The highest BCUT2D eigenvalue weighted by molar-refractivity contribution is 6.35. The monoisotopic (exact) mass is 403 g/mol. The number of nitrogens with one attached hydrogen (secondary N) is 1. The van der Waals surface area contributed by atoms with Crippen LogP contribution in [0.2, 0.25) is 10.0 Å². The molecule has 3 rings (SSSR count). The van der Waals surface area contributed by atoms with Gasteiger partial charge in [0.25, 0.3) is 11.6 Å². The molecule has 0 aliphatic rings. The lowest BCUT2D eigenvalue weighted by Gasteiger charge is -2.01. The lowest BCUT2D eigenvalue weighted by atomic mass is 10.2. The number of carbonyl (C=O) groups excluding carboxylic acids is 1. The van der Waals surface area contributed by atoms with Crippen LogP contribution in [-0.2, 0) is 0 Å². The molecule has 0 saturated carbocycles. The van der Waals surface area contributed by atoms with E-state index in [0.717, 1.165) is 0 Å². The number of hydrogen-bond donors (Lipinski definition) is 1. The van der Waals surface area contributed by atoms with Gasteiger partial charge in [-0.25, -0.2) is 5.43 Å². The maximum atomic E-state index is 12.0. The smallest absolute Gasteiger partial charge is 0.271 e. The molecule has 1 amide bonds. The van der Waals surface area contributed by atoms with Gasteiger partial charge in [0.1, 0.15) is 11.5 Å². The predicted octanol–water partition coefficient (Wildman–Crippen LogP) is 4.93. The van der Waals surface area contributed by atoms with E-state index in [1.54, 1.807) is 30.3 Å². The van der Waals surface area contributed by atoms with Crippen molar-refractivity contribution in [1.29, 1.82) is 0 Å². The van der Waals surface area contributed by atoms with Crippen molar-refractivity contribution < 1.29 is 14.1 Å². The molecular formula is C18H11Cl2N3O4. The molecule has 0 bridgehead atoms. The molecule has 0 aliphatic heterocycles. The van der Waals surface area contributed by atoms with Crippen LogP contribution in [0.4, 0.5) is 5.69 Å². The van der Waals surface area contributed by atoms with Crippen LogP contribution in [0.1, 0.15) is 16.1 Å². The van der Waals surface area contributed by atoms with Gasteiger partial charge in [-0.15, -0.1) is 0 Å². The Balaban J connectivity index is 1.66. The molecule has 0 radical (unpaired) electrons. The summed E-state index contributed by atoms with van der Waals surface area (Å²) in [5, 5.41) is 15.4. The van der Waals surface area contributed by atoms with Crippen LogP contribution in [0.3, 0.4) is 0 Å². The predicted molar refractivity (Wildman–Crippen MR) is 102 cm³/mol. The van der Waals surface area contributed by atoms with Gasteiger partial charge in [0, 0.05) is 28.3 Å². The number of hydrazone groups is 1. The summed E-state index contributed by atoms with van der Waals surface area (Å²) in [6, 6.07) is 13.6. The van der Waals surface area contributed by atoms with E-state index < -0.39 is 10.8 Å². The van der Waals surface area contributed by atoms with Crippen LogP contribution in [0.25, 0.3) is 11.3 Å². The summed E-state index contributed by atoms with van der Waals surface area (Å²) in [5.41, 5.74) is 3.10. The van der Waals surface area contributed by atoms with E-state index in [9.17, 15) is 14.9 Å². The number of halogens is 2. The van der Waals surface area contributed by atoms with Crippen molar-refractivity contribution in [2.45, 2.75) is 0 Å². The molecule has 0 aliphatic carbocycles. The van der Waals surface area contributed by atoms with Crippen LogP contribution in [0.5, 0.6) is 0 Å². The minimum atomic E-state index is -0.541. The molecule has 0 spiro atoms. The third-order valence-corrected chi connectivity index (χ3v) is 4.08. The zero-order chi connectivity index (χ0) is 19.4. The third kappa shape index (κ3) is 4.52. The first-order valence-corrected chi connectivity index (χ1v) is 8.33. The number of nitro groups is 1. The first-order chi connectivity index (χ1) is 12.9. The average molecular weight is 404 g/mol. The normalized spacial score (nSPS) is 10.9. The van der Waals surface area contributed by atoms with E-state index >= 15 is 0 Å². The maximum Gasteiger partial charge on any atom is 0.271 e. The van der Waals surface area contributed by atoms with Gasteiger partial charge < -0.3 is 4.42 Å². The Kier molecular flexibility index (Phi) is 5.54. The average Bonchev–Trinajstić information content (AvgIpc) is 3.12. The maximum absolute atomic E-state index is 12.0. The quantitative estimate of drug-likeness (QED) is 0.371. The van der Waals surface area contributed by atoms with Crippen molar-refractivity contribution in [2.75, 3.05) is 0 Å². The number of amides is 1. The van der Waals surface area contributed by atoms with Gasteiger partial charge in [0.05, 0.1) is 16.2 Å². The molecule has 9 heteroatoms. The van der Waals surface area contributed by atoms with Crippen LogP contribution < -0.4 is 5.43 Å². The van der Waals surface area contributed by atoms with E-state index in [1.165, 1.54) is 30.5 Å². The first kappa shape index (κ1) is 18.6. The third-order valence-electron chi connectivity index (χ3n) is 3.52. The van der Waals surface area contributed by atoms with Crippen molar-refractivity contribution in [3.63, 3.8) is 0 Å². The number of benzene rings is 2. The van der Waals surface area contributed by atoms with Crippen molar-refractivity contribution >= 4 is 41.0 Å². The molecule has 136 valence electrons. The Morgan fingerprint density at radius 3 is 2.56 bits per heavy atom. The summed E-state index contributed by atoms with van der Waals surface area (Å²) in [6.45, 7) is 0. The minimum Gasteiger partial charge on any atom is -0.455 e. The first-order valence-electron chi connectivity index (χ1n) is 7.57. The zero-order valence-corrected chi connectivity index (χ0v) is 15.1. The molecule has 2 aromatic carbocycles. The van der Waals surface area contributed by atoms with Gasteiger partial charge in [-0.2, -0.15) is 5.10 Å². The lowest BCUT2D eigenvalue weighted by Crippen LogP contribution is -2.17. The zero-order valence-electron chi connectivity index (χ0n) is 13.6. The molecule has 27 heavy (non-hydrogen) atoms. The van der Waals surface area contributed by atoms with Gasteiger partial charge in [-0.3, -0.25) is 14.9 Å². The van der Waals surface area contributed by atoms with Crippen molar-refractivity contribution in [2.24, 2.45) is 5.10 Å². The van der Waals surface area contributed by atoms with Crippen LogP contribution in [0.15, 0.2) is 64.1 Å². The molecule has 0 fully saturated rings. The highest BCUT2D eigenvalue weighted by Crippen LogP contribution is 2.31. The molecule has 3 aromatic rings. The number of furan rings is 1. The number of nitro benzene ring substituents is 1. The molecular weight excluding hydrogens is 393 g/mol.